The van der Waals surface area contributed by atoms with E-state index in [2.05, 4.69) is 20.8 Å². The van der Waals surface area contributed by atoms with Gasteiger partial charge in [0.05, 0.1) is 13.2 Å². The van der Waals surface area contributed by atoms with Crippen LogP contribution in [0, 0.1) is 5.41 Å². The summed E-state index contributed by atoms with van der Waals surface area (Å²) in [5, 5.41) is 0. The van der Waals surface area contributed by atoms with Gasteiger partial charge in [0.25, 0.3) is 0 Å². The number of ether oxygens (including phenoxy) is 2. The van der Waals surface area contributed by atoms with Crippen molar-refractivity contribution in [3.8, 4) is 0 Å². The predicted octanol–water partition coefficient (Wildman–Crippen LogP) is 6.60. The van der Waals surface area contributed by atoms with Crippen molar-refractivity contribution in [2.24, 2.45) is 5.41 Å². The first kappa shape index (κ1) is 25.9. The van der Waals surface area contributed by atoms with Gasteiger partial charge in [-0.1, -0.05) is 85.5 Å². The molecule has 0 aliphatic heterocycles. The molecule has 160 valence electrons. The van der Waals surface area contributed by atoms with E-state index in [0.717, 1.165) is 38.5 Å². The number of hydrogen-bond donors (Lipinski definition) is 0. The molecule has 0 aromatic heterocycles. The van der Waals surface area contributed by atoms with Gasteiger partial charge < -0.3 is 9.47 Å². The van der Waals surface area contributed by atoms with E-state index in [1.54, 1.807) is 0 Å². The molecule has 0 spiro atoms. The largest absolute Gasteiger partial charge is 0.465 e. The van der Waals surface area contributed by atoms with Crippen molar-refractivity contribution >= 4 is 11.9 Å². The molecule has 0 aromatic rings. The molecule has 0 aromatic carbocycles. The molecule has 0 aliphatic rings. The van der Waals surface area contributed by atoms with Crippen LogP contribution in [0.25, 0.3) is 0 Å². The lowest BCUT2D eigenvalue weighted by atomic mass is 9.87. The number of carbonyl (C=O) groups excluding carboxylic acids is 2. The Labute approximate surface area is 167 Å². The van der Waals surface area contributed by atoms with Crippen molar-refractivity contribution in [2.75, 3.05) is 13.2 Å². The minimum absolute atomic E-state index is 0.129. The quantitative estimate of drug-likeness (QED) is 0.197. The van der Waals surface area contributed by atoms with E-state index >= 15 is 0 Å². The Bertz CT molecular complexity index is 349. The zero-order valence-electron chi connectivity index (χ0n) is 18.4. The average molecular weight is 385 g/mol. The molecule has 0 heterocycles. The Kier molecular flexibility index (Phi) is 16.4. The maximum Gasteiger partial charge on any atom is 0.305 e. The molecule has 0 unspecified atom stereocenters. The molecular weight excluding hydrogens is 340 g/mol. The molecular formula is C23H44O4. The number of rotatable bonds is 18. The summed E-state index contributed by atoms with van der Waals surface area (Å²) in [6.45, 7) is 9.17. The van der Waals surface area contributed by atoms with Crippen LogP contribution in [0.3, 0.4) is 0 Å². The van der Waals surface area contributed by atoms with Crippen LogP contribution in [0.5, 0.6) is 0 Å². The predicted molar refractivity (Wildman–Crippen MR) is 112 cm³/mol. The topological polar surface area (TPSA) is 52.6 Å². The van der Waals surface area contributed by atoms with Gasteiger partial charge in [0.2, 0.25) is 0 Å². The van der Waals surface area contributed by atoms with Crippen LogP contribution in [0.4, 0.5) is 0 Å². The van der Waals surface area contributed by atoms with Gasteiger partial charge in [-0.05, 0) is 19.3 Å². The standard InChI is InChI=1S/C23H44O4/c1-5-8-10-12-14-16-21(24)26-19-23(4,18-7-3)20-27-22(25)17-15-13-11-9-6-2/h5-20H2,1-4H3. The summed E-state index contributed by atoms with van der Waals surface area (Å²) < 4.78 is 11.0. The second-order valence-corrected chi connectivity index (χ2v) is 8.21. The molecule has 0 N–H and O–H groups in total. The summed E-state index contributed by atoms with van der Waals surface area (Å²) in [5.74, 6) is -0.257. The van der Waals surface area contributed by atoms with Gasteiger partial charge in [-0.15, -0.1) is 0 Å². The van der Waals surface area contributed by atoms with Crippen LogP contribution in [0.2, 0.25) is 0 Å². The van der Waals surface area contributed by atoms with Crippen molar-refractivity contribution < 1.29 is 19.1 Å². The number of unbranched alkanes of at least 4 members (excludes halogenated alkanes) is 8. The third kappa shape index (κ3) is 15.7. The summed E-state index contributed by atoms with van der Waals surface area (Å²) in [4.78, 5) is 23.9. The monoisotopic (exact) mass is 384 g/mol. The van der Waals surface area contributed by atoms with Gasteiger partial charge in [-0.25, -0.2) is 0 Å². The van der Waals surface area contributed by atoms with E-state index in [4.69, 9.17) is 9.47 Å². The summed E-state index contributed by atoms with van der Waals surface area (Å²) >= 11 is 0. The first-order chi connectivity index (χ1) is 13.0. The molecule has 4 heteroatoms. The smallest absolute Gasteiger partial charge is 0.305 e. The summed E-state index contributed by atoms with van der Waals surface area (Å²) in [6, 6.07) is 0. The summed E-state index contributed by atoms with van der Waals surface area (Å²) in [7, 11) is 0. The van der Waals surface area contributed by atoms with Crippen molar-refractivity contribution in [1.29, 1.82) is 0 Å². The normalized spacial score (nSPS) is 11.4. The van der Waals surface area contributed by atoms with Gasteiger partial charge in [0.1, 0.15) is 0 Å². The van der Waals surface area contributed by atoms with Crippen LogP contribution >= 0.6 is 0 Å². The highest BCUT2D eigenvalue weighted by Gasteiger charge is 2.27. The van der Waals surface area contributed by atoms with Crippen molar-refractivity contribution in [3.05, 3.63) is 0 Å². The Morgan fingerprint density at radius 1 is 0.630 bits per heavy atom. The molecule has 0 atom stereocenters. The number of esters is 2. The molecule has 4 nitrogen and oxygen atoms in total. The van der Waals surface area contributed by atoms with E-state index < -0.39 is 0 Å². The molecule has 0 fully saturated rings. The van der Waals surface area contributed by atoms with E-state index in [1.165, 1.54) is 38.5 Å². The SMILES string of the molecule is CCCCCCCC(=O)OCC(C)(CCC)COC(=O)CCCCCCC. The maximum atomic E-state index is 12.0. The molecule has 27 heavy (non-hydrogen) atoms. The molecule has 0 rings (SSSR count). The Morgan fingerprint density at radius 3 is 1.41 bits per heavy atom. The van der Waals surface area contributed by atoms with E-state index in [0.29, 0.717) is 26.1 Å². The fourth-order valence-corrected chi connectivity index (χ4v) is 3.19. The van der Waals surface area contributed by atoms with Gasteiger partial charge >= 0.3 is 11.9 Å². The minimum atomic E-state index is -0.287. The zero-order chi connectivity index (χ0) is 20.4. The third-order valence-corrected chi connectivity index (χ3v) is 4.99. The lowest BCUT2D eigenvalue weighted by molar-refractivity contribution is -0.153. The van der Waals surface area contributed by atoms with Gasteiger partial charge in [-0.3, -0.25) is 9.59 Å². The number of hydrogen-bond acceptors (Lipinski definition) is 4. The second kappa shape index (κ2) is 17.1. The van der Waals surface area contributed by atoms with Crippen LogP contribution < -0.4 is 0 Å². The fourth-order valence-electron chi connectivity index (χ4n) is 3.19. The Balaban J connectivity index is 4.07. The molecule has 0 saturated carbocycles. The highest BCUT2D eigenvalue weighted by atomic mass is 16.5. The Morgan fingerprint density at radius 2 is 1.04 bits per heavy atom. The van der Waals surface area contributed by atoms with Gasteiger partial charge in [0.15, 0.2) is 0 Å². The highest BCUT2D eigenvalue weighted by molar-refractivity contribution is 5.69. The summed E-state index contributed by atoms with van der Waals surface area (Å²) in [5.41, 5.74) is -0.287. The van der Waals surface area contributed by atoms with Crippen LogP contribution in [0.1, 0.15) is 118 Å². The first-order valence-electron chi connectivity index (χ1n) is 11.3. The molecule has 0 radical (unpaired) electrons. The fraction of sp³-hybridized carbons (Fsp3) is 0.913. The average Bonchev–Trinajstić information content (AvgIpc) is 2.65. The first-order valence-corrected chi connectivity index (χ1v) is 11.3. The molecule has 0 amide bonds. The second-order valence-electron chi connectivity index (χ2n) is 8.21. The zero-order valence-corrected chi connectivity index (χ0v) is 18.4. The van der Waals surface area contributed by atoms with Crippen molar-refractivity contribution in [2.45, 2.75) is 118 Å². The van der Waals surface area contributed by atoms with Crippen LogP contribution in [-0.2, 0) is 19.1 Å². The lowest BCUT2D eigenvalue weighted by Crippen LogP contribution is -2.31. The van der Waals surface area contributed by atoms with E-state index in [-0.39, 0.29) is 17.4 Å². The van der Waals surface area contributed by atoms with Crippen LogP contribution in [-0.4, -0.2) is 25.2 Å². The van der Waals surface area contributed by atoms with Crippen LogP contribution in [0.15, 0.2) is 0 Å². The van der Waals surface area contributed by atoms with Gasteiger partial charge in [0, 0.05) is 18.3 Å². The van der Waals surface area contributed by atoms with Crippen molar-refractivity contribution in [1.82, 2.24) is 0 Å². The highest BCUT2D eigenvalue weighted by Crippen LogP contribution is 2.25. The maximum absolute atomic E-state index is 12.0. The Hall–Kier alpha value is -1.06. The number of carbonyl (C=O) groups is 2. The minimum Gasteiger partial charge on any atom is -0.465 e. The van der Waals surface area contributed by atoms with Crippen molar-refractivity contribution in [3.63, 3.8) is 0 Å². The molecule has 0 aliphatic carbocycles. The summed E-state index contributed by atoms with van der Waals surface area (Å²) in [6.07, 6.45) is 14.0. The molecule has 0 saturated heterocycles. The van der Waals surface area contributed by atoms with Gasteiger partial charge in [-0.2, -0.15) is 0 Å². The molecule has 0 bridgehead atoms. The third-order valence-electron chi connectivity index (χ3n) is 4.99. The van der Waals surface area contributed by atoms with E-state index in [9.17, 15) is 9.59 Å². The van der Waals surface area contributed by atoms with E-state index in [1.807, 2.05) is 6.92 Å². The lowest BCUT2D eigenvalue weighted by Gasteiger charge is -2.28.